The molecule has 0 atom stereocenters. The van der Waals surface area contributed by atoms with Crippen molar-refractivity contribution in [2.45, 2.75) is 58.9 Å². The van der Waals surface area contributed by atoms with Crippen LogP contribution in [0.5, 0.6) is 0 Å². The van der Waals surface area contributed by atoms with Gasteiger partial charge in [-0.05, 0) is 64.0 Å². The number of piperidine rings is 2. The summed E-state index contributed by atoms with van der Waals surface area (Å²) in [5, 5.41) is 5.84. The Kier molecular flexibility index (Phi) is 7.43. The molecule has 0 radical (unpaired) electrons. The summed E-state index contributed by atoms with van der Waals surface area (Å²) < 4.78 is 2.37. The number of hydrogen-bond acceptors (Lipinski definition) is 7. The van der Waals surface area contributed by atoms with E-state index in [1.165, 1.54) is 66.2 Å². The fraction of sp³-hybridized carbons (Fsp3) is 0.419. The van der Waals surface area contributed by atoms with Gasteiger partial charge in [0.2, 0.25) is 17.8 Å². The summed E-state index contributed by atoms with van der Waals surface area (Å²) in [6.07, 6.45) is 9.17. The maximum atomic E-state index is 4.89. The molecule has 2 aromatic carbocycles. The Morgan fingerprint density at radius 3 is 2.13 bits per heavy atom. The zero-order valence-corrected chi connectivity index (χ0v) is 23.1. The first kappa shape index (κ1) is 25.3. The van der Waals surface area contributed by atoms with Gasteiger partial charge in [0.05, 0.1) is 6.21 Å². The molecule has 4 heterocycles. The highest BCUT2D eigenvalue weighted by molar-refractivity contribution is 6.01. The van der Waals surface area contributed by atoms with E-state index in [-0.39, 0.29) is 0 Å². The van der Waals surface area contributed by atoms with Crippen molar-refractivity contribution in [3.05, 3.63) is 70.9 Å². The molecule has 2 aromatic heterocycles. The molecule has 8 nitrogen and oxygen atoms in total. The number of hydrazone groups is 1. The van der Waals surface area contributed by atoms with Crippen LogP contribution < -0.4 is 15.2 Å². The van der Waals surface area contributed by atoms with Gasteiger partial charge in [-0.25, -0.2) is 5.43 Å². The molecule has 6 rings (SSSR count). The van der Waals surface area contributed by atoms with Crippen molar-refractivity contribution in [1.29, 1.82) is 0 Å². The molecular formula is C31H38N8. The number of hydrogen-bond donors (Lipinski definition) is 1. The van der Waals surface area contributed by atoms with Crippen molar-refractivity contribution in [3.63, 3.8) is 0 Å². The quantitative estimate of drug-likeness (QED) is 0.240. The third-order valence-electron chi connectivity index (χ3n) is 7.95. The van der Waals surface area contributed by atoms with E-state index in [0.717, 1.165) is 50.2 Å². The van der Waals surface area contributed by atoms with Crippen LogP contribution >= 0.6 is 0 Å². The number of rotatable bonds is 7. The van der Waals surface area contributed by atoms with Crippen LogP contribution in [-0.4, -0.2) is 51.9 Å². The molecule has 4 aromatic rings. The van der Waals surface area contributed by atoms with Gasteiger partial charge in [0.15, 0.2) is 0 Å². The van der Waals surface area contributed by atoms with E-state index < -0.39 is 0 Å². The Morgan fingerprint density at radius 1 is 0.795 bits per heavy atom. The van der Waals surface area contributed by atoms with Crippen LogP contribution in [0.15, 0.2) is 53.6 Å². The van der Waals surface area contributed by atoms with Gasteiger partial charge >= 0.3 is 0 Å². The number of nitrogens with one attached hydrogen (secondary N) is 1. The molecule has 39 heavy (non-hydrogen) atoms. The molecule has 2 saturated heterocycles. The first-order chi connectivity index (χ1) is 19.2. The molecule has 0 spiro atoms. The summed E-state index contributed by atoms with van der Waals surface area (Å²) in [7, 11) is 0. The number of anilines is 3. The molecule has 0 saturated carbocycles. The molecule has 0 bridgehead atoms. The summed E-state index contributed by atoms with van der Waals surface area (Å²) in [6.45, 7) is 9.10. The standard InChI is InChI=1S/C31H38N8/c1-23-12-11-13-25(20-23)22-39-24(2)27(26-14-5-6-15-28(26)39)21-32-36-29-33-30(37-16-7-3-8-17-37)35-31(34-29)38-18-9-4-10-19-38/h5-6,11-15,20-21H,3-4,7-10,16-19,22H2,1-2H3,(H,33,34,35,36). The summed E-state index contributed by atoms with van der Waals surface area (Å²) >= 11 is 0. The number of aryl methyl sites for hydroxylation is 1. The molecule has 202 valence electrons. The van der Waals surface area contributed by atoms with Gasteiger partial charge in [-0.3, -0.25) is 0 Å². The number of benzene rings is 2. The zero-order valence-electron chi connectivity index (χ0n) is 23.1. The molecule has 0 aliphatic carbocycles. The zero-order chi connectivity index (χ0) is 26.6. The lowest BCUT2D eigenvalue weighted by molar-refractivity contribution is 0.556. The van der Waals surface area contributed by atoms with Gasteiger partial charge in [-0.2, -0.15) is 20.1 Å². The summed E-state index contributed by atoms with van der Waals surface area (Å²) in [4.78, 5) is 19.0. The molecular weight excluding hydrogens is 484 g/mol. The van der Waals surface area contributed by atoms with E-state index in [1.807, 2.05) is 6.21 Å². The molecule has 2 aliphatic heterocycles. The van der Waals surface area contributed by atoms with Crippen molar-refractivity contribution in [1.82, 2.24) is 19.5 Å². The van der Waals surface area contributed by atoms with Crippen LogP contribution in [0.4, 0.5) is 17.8 Å². The fourth-order valence-corrected chi connectivity index (χ4v) is 5.85. The van der Waals surface area contributed by atoms with Crippen LogP contribution in [0.1, 0.15) is 60.9 Å². The predicted molar refractivity (Wildman–Crippen MR) is 160 cm³/mol. The monoisotopic (exact) mass is 522 g/mol. The lowest BCUT2D eigenvalue weighted by Gasteiger charge is -2.30. The Labute approximate surface area is 230 Å². The highest BCUT2D eigenvalue weighted by Gasteiger charge is 2.20. The summed E-state index contributed by atoms with van der Waals surface area (Å²) in [5.74, 6) is 2.02. The van der Waals surface area contributed by atoms with E-state index in [1.54, 1.807) is 0 Å². The number of para-hydroxylation sites is 1. The smallest absolute Gasteiger partial charge is 0.250 e. The average Bonchev–Trinajstić information content (AvgIpc) is 3.24. The molecule has 1 N–H and O–H groups in total. The third kappa shape index (κ3) is 5.60. The Hall–Kier alpha value is -3.94. The van der Waals surface area contributed by atoms with Crippen molar-refractivity contribution < 1.29 is 0 Å². The van der Waals surface area contributed by atoms with Gasteiger partial charge in [-0.1, -0.05) is 48.0 Å². The molecule has 8 heteroatoms. The predicted octanol–water partition coefficient (Wildman–Crippen LogP) is 5.92. The van der Waals surface area contributed by atoms with Gasteiger partial charge in [0.1, 0.15) is 0 Å². The van der Waals surface area contributed by atoms with Crippen molar-refractivity contribution in [3.8, 4) is 0 Å². The van der Waals surface area contributed by atoms with Crippen LogP contribution in [-0.2, 0) is 6.54 Å². The summed E-state index contributed by atoms with van der Waals surface area (Å²) in [5.41, 5.74) is 9.22. The van der Waals surface area contributed by atoms with Crippen molar-refractivity contribution in [2.24, 2.45) is 5.10 Å². The van der Waals surface area contributed by atoms with E-state index in [2.05, 4.69) is 87.3 Å². The highest BCUT2D eigenvalue weighted by atomic mass is 15.4. The van der Waals surface area contributed by atoms with Crippen LogP contribution in [0.25, 0.3) is 10.9 Å². The molecule has 0 amide bonds. The normalized spacial score (nSPS) is 16.4. The largest absolute Gasteiger partial charge is 0.341 e. The summed E-state index contributed by atoms with van der Waals surface area (Å²) in [6, 6.07) is 17.3. The minimum atomic E-state index is 0.503. The second kappa shape index (κ2) is 11.4. The SMILES string of the molecule is Cc1cccc(Cn2c(C)c(C=NNc3nc(N4CCCCC4)nc(N4CCCCC4)n3)c3ccccc32)c1. The van der Waals surface area contributed by atoms with Crippen LogP contribution in [0, 0.1) is 13.8 Å². The minimum absolute atomic E-state index is 0.503. The van der Waals surface area contributed by atoms with E-state index >= 15 is 0 Å². The lowest BCUT2D eigenvalue weighted by atomic mass is 10.1. The van der Waals surface area contributed by atoms with Crippen molar-refractivity contribution >= 4 is 35.0 Å². The van der Waals surface area contributed by atoms with Crippen LogP contribution in [0.3, 0.4) is 0 Å². The average molecular weight is 523 g/mol. The second-order valence-electron chi connectivity index (χ2n) is 10.8. The van der Waals surface area contributed by atoms with E-state index in [0.29, 0.717) is 5.95 Å². The topological polar surface area (TPSA) is 74.5 Å². The minimum Gasteiger partial charge on any atom is -0.341 e. The Balaban J connectivity index is 1.29. The van der Waals surface area contributed by atoms with E-state index in [9.17, 15) is 0 Å². The lowest BCUT2D eigenvalue weighted by Crippen LogP contribution is -2.34. The molecule has 0 unspecified atom stereocenters. The second-order valence-corrected chi connectivity index (χ2v) is 10.8. The highest BCUT2D eigenvalue weighted by Crippen LogP contribution is 2.26. The number of fused-ring (bicyclic) bond motifs is 1. The van der Waals surface area contributed by atoms with Gasteiger partial charge in [0, 0.05) is 54.9 Å². The fourth-order valence-electron chi connectivity index (χ4n) is 5.85. The van der Waals surface area contributed by atoms with Gasteiger partial charge in [0.25, 0.3) is 0 Å². The van der Waals surface area contributed by atoms with Crippen molar-refractivity contribution in [2.75, 3.05) is 41.4 Å². The molecule has 2 fully saturated rings. The van der Waals surface area contributed by atoms with Crippen LogP contribution in [0.2, 0.25) is 0 Å². The maximum Gasteiger partial charge on any atom is 0.250 e. The number of aromatic nitrogens is 4. The first-order valence-corrected chi connectivity index (χ1v) is 14.3. The number of nitrogens with zero attached hydrogens (tertiary/aromatic N) is 7. The van der Waals surface area contributed by atoms with Gasteiger partial charge < -0.3 is 14.4 Å². The van der Waals surface area contributed by atoms with E-state index in [4.69, 9.17) is 15.0 Å². The van der Waals surface area contributed by atoms with Gasteiger partial charge in [-0.15, -0.1) is 0 Å². The Morgan fingerprint density at radius 2 is 1.46 bits per heavy atom. The third-order valence-corrected chi connectivity index (χ3v) is 7.95. The maximum absolute atomic E-state index is 4.89. The first-order valence-electron chi connectivity index (χ1n) is 14.3. The molecule has 2 aliphatic rings. The Bertz CT molecular complexity index is 1420.